The van der Waals surface area contributed by atoms with E-state index in [1.165, 1.54) is 5.57 Å². The predicted octanol–water partition coefficient (Wildman–Crippen LogP) is 3.07. The van der Waals surface area contributed by atoms with E-state index in [9.17, 15) is 4.79 Å². The summed E-state index contributed by atoms with van der Waals surface area (Å²) in [6.07, 6.45) is 4.01. The molecule has 0 radical (unpaired) electrons. The van der Waals surface area contributed by atoms with E-state index in [-0.39, 0.29) is 12.7 Å². The van der Waals surface area contributed by atoms with Crippen LogP contribution in [0.2, 0.25) is 0 Å². The highest BCUT2D eigenvalue weighted by atomic mass is 16.6. The molecule has 1 aromatic carbocycles. The van der Waals surface area contributed by atoms with Crippen LogP contribution in [0.1, 0.15) is 35.4 Å². The lowest BCUT2D eigenvalue weighted by Gasteiger charge is -2.26. The highest BCUT2D eigenvalue weighted by Crippen LogP contribution is 2.28. The average Bonchev–Trinajstić information content (AvgIpc) is 3.05. The molecule has 26 heavy (non-hydrogen) atoms. The Labute approximate surface area is 153 Å². The number of amides is 1. The lowest BCUT2D eigenvalue weighted by Crippen LogP contribution is -2.35. The van der Waals surface area contributed by atoms with Gasteiger partial charge in [0.05, 0.1) is 5.69 Å². The maximum absolute atomic E-state index is 12.3. The molecule has 0 aliphatic carbocycles. The third-order valence-corrected chi connectivity index (χ3v) is 4.59. The van der Waals surface area contributed by atoms with Gasteiger partial charge >= 0.3 is 6.09 Å². The van der Waals surface area contributed by atoms with Gasteiger partial charge in [-0.3, -0.25) is 5.10 Å². The first kappa shape index (κ1) is 18.2. The van der Waals surface area contributed by atoms with Gasteiger partial charge in [0.25, 0.3) is 0 Å². The maximum atomic E-state index is 12.3. The van der Waals surface area contributed by atoms with Crippen molar-refractivity contribution in [2.24, 2.45) is 0 Å². The molecule has 0 atom stereocenters. The fraction of sp³-hybridized carbons (Fsp3) is 0.400. The van der Waals surface area contributed by atoms with Crippen LogP contribution in [-0.4, -0.2) is 46.0 Å². The van der Waals surface area contributed by atoms with E-state index in [4.69, 9.17) is 9.84 Å². The van der Waals surface area contributed by atoms with E-state index in [0.29, 0.717) is 26.1 Å². The highest BCUT2D eigenvalue weighted by Gasteiger charge is 2.22. The van der Waals surface area contributed by atoms with Gasteiger partial charge in [0.15, 0.2) is 0 Å². The number of aliphatic hydroxyl groups is 1. The summed E-state index contributed by atoms with van der Waals surface area (Å²) in [5.74, 6) is 0. The molecule has 2 heterocycles. The van der Waals surface area contributed by atoms with E-state index >= 15 is 0 Å². The average molecular weight is 355 g/mol. The fourth-order valence-electron chi connectivity index (χ4n) is 3.21. The number of carbonyl (C=O) groups excluding carboxylic acids is 1. The SMILES string of the molecule is Cc1[nH]nc(CCCO)c1C1=CCN(C(=O)OCc2ccccc2)CC1. The summed E-state index contributed by atoms with van der Waals surface area (Å²) >= 11 is 0. The quantitative estimate of drug-likeness (QED) is 0.835. The van der Waals surface area contributed by atoms with Crippen molar-refractivity contribution in [3.8, 4) is 0 Å². The largest absolute Gasteiger partial charge is 0.445 e. The van der Waals surface area contributed by atoms with Gasteiger partial charge in [0.2, 0.25) is 0 Å². The molecule has 1 amide bonds. The van der Waals surface area contributed by atoms with Crippen LogP contribution in [0, 0.1) is 6.92 Å². The van der Waals surface area contributed by atoms with Gasteiger partial charge in [-0.05, 0) is 37.3 Å². The topological polar surface area (TPSA) is 78.5 Å². The third-order valence-electron chi connectivity index (χ3n) is 4.59. The number of nitrogens with one attached hydrogen (secondary N) is 1. The second kappa shape index (κ2) is 8.67. The molecule has 1 aliphatic rings. The van der Waals surface area contributed by atoms with Crippen LogP contribution in [0.25, 0.3) is 5.57 Å². The number of nitrogens with zero attached hydrogens (tertiary/aromatic N) is 2. The molecule has 0 spiro atoms. The molecule has 2 N–H and O–H groups in total. The minimum absolute atomic E-state index is 0.158. The zero-order chi connectivity index (χ0) is 18.4. The van der Waals surface area contributed by atoms with Crippen molar-refractivity contribution in [2.75, 3.05) is 19.7 Å². The predicted molar refractivity (Wildman–Crippen MR) is 99.5 cm³/mol. The number of ether oxygens (including phenoxy) is 1. The van der Waals surface area contributed by atoms with Crippen LogP contribution in [0.3, 0.4) is 0 Å². The molecule has 0 saturated carbocycles. The Morgan fingerprint density at radius 3 is 2.85 bits per heavy atom. The van der Waals surface area contributed by atoms with Crippen molar-refractivity contribution in [3.63, 3.8) is 0 Å². The van der Waals surface area contributed by atoms with Gasteiger partial charge in [-0.2, -0.15) is 5.10 Å². The van der Waals surface area contributed by atoms with Crippen molar-refractivity contribution in [1.82, 2.24) is 15.1 Å². The number of aromatic nitrogens is 2. The fourth-order valence-corrected chi connectivity index (χ4v) is 3.21. The van der Waals surface area contributed by atoms with Crippen LogP contribution in [-0.2, 0) is 17.8 Å². The molecular formula is C20H25N3O3. The van der Waals surface area contributed by atoms with Crippen LogP contribution in [0.4, 0.5) is 4.79 Å². The van der Waals surface area contributed by atoms with Crippen molar-refractivity contribution in [1.29, 1.82) is 0 Å². The summed E-state index contributed by atoms with van der Waals surface area (Å²) in [7, 11) is 0. The third kappa shape index (κ3) is 4.32. The second-order valence-corrected chi connectivity index (χ2v) is 6.46. The Morgan fingerprint density at radius 2 is 2.15 bits per heavy atom. The Balaban J connectivity index is 1.60. The standard InChI is InChI=1S/C20H25N3O3/c1-15-19(18(22-21-15)8-5-13-24)17-9-11-23(12-10-17)20(25)26-14-16-6-3-2-4-7-16/h2-4,6-7,9,24H,5,8,10-14H2,1H3,(H,21,22). The molecule has 0 bridgehead atoms. The molecular weight excluding hydrogens is 330 g/mol. The van der Waals surface area contributed by atoms with Crippen LogP contribution < -0.4 is 0 Å². The number of rotatable bonds is 6. The monoisotopic (exact) mass is 355 g/mol. The molecule has 1 aliphatic heterocycles. The molecule has 6 heteroatoms. The number of H-pyrrole nitrogens is 1. The van der Waals surface area contributed by atoms with E-state index in [1.807, 2.05) is 37.3 Å². The van der Waals surface area contributed by atoms with E-state index in [1.54, 1.807) is 4.90 Å². The van der Waals surface area contributed by atoms with Gasteiger partial charge < -0.3 is 14.7 Å². The summed E-state index contributed by atoms with van der Waals surface area (Å²) in [4.78, 5) is 14.0. The Bertz CT molecular complexity index is 768. The molecule has 0 unspecified atom stereocenters. The number of aliphatic hydroxyl groups excluding tert-OH is 1. The number of hydrogen-bond donors (Lipinski definition) is 2. The van der Waals surface area contributed by atoms with Crippen molar-refractivity contribution in [2.45, 2.75) is 32.8 Å². The Morgan fingerprint density at radius 1 is 1.35 bits per heavy atom. The van der Waals surface area contributed by atoms with Crippen molar-refractivity contribution >= 4 is 11.7 Å². The van der Waals surface area contributed by atoms with E-state index < -0.39 is 0 Å². The molecule has 1 aromatic heterocycles. The van der Waals surface area contributed by atoms with Crippen molar-refractivity contribution in [3.05, 3.63) is 58.9 Å². The van der Waals surface area contributed by atoms with Gasteiger partial charge in [-0.25, -0.2) is 4.79 Å². The van der Waals surface area contributed by atoms with Crippen LogP contribution in [0.5, 0.6) is 0 Å². The summed E-state index contributed by atoms with van der Waals surface area (Å²) in [5, 5.41) is 16.5. The van der Waals surface area contributed by atoms with E-state index in [2.05, 4.69) is 16.3 Å². The molecule has 0 fully saturated rings. The van der Waals surface area contributed by atoms with Gasteiger partial charge in [0.1, 0.15) is 6.61 Å². The smallest absolute Gasteiger partial charge is 0.410 e. The second-order valence-electron chi connectivity index (χ2n) is 6.46. The number of hydrogen-bond acceptors (Lipinski definition) is 4. The zero-order valence-electron chi connectivity index (χ0n) is 15.1. The summed E-state index contributed by atoms with van der Waals surface area (Å²) in [6, 6.07) is 9.69. The number of benzene rings is 1. The first-order valence-corrected chi connectivity index (χ1v) is 8.98. The molecule has 138 valence electrons. The summed E-state index contributed by atoms with van der Waals surface area (Å²) < 4.78 is 5.41. The molecule has 0 saturated heterocycles. The first-order chi connectivity index (χ1) is 12.7. The Hall–Kier alpha value is -2.60. The number of carbonyl (C=O) groups is 1. The number of aryl methyl sites for hydroxylation is 2. The minimum Gasteiger partial charge on any atom is -0.445 e. The molecule has 6 nitrogen and oxygen atoms in total. The lowest BCUT2D eigenvalue weighted by molar-refractivity contribution is 0.0998. The van der Waals surface area contributed by atoms with Gasteiger partial charge in [-0.15, -0.1) is 0 Å². The summed E-state index contributed by atoms with van der Waals surface area (Å²) in [5.41, 5.74) is 5.34. The molecule has 2 aromatic rings. The van der Waals surface area contributed by atoms with Crippen LogP contribution >= 0.6 is 0 Å². The normalized spacial score (nSPS) is 14.2. The van der Waals surface area contributed by atoms with E-state index in [0.717, 1.165) is 35.4 Å². The highest BCUT2D eigenvalue weighted by molar-refractivity contribution is 5.74. The van der Waals surface area contributed by atoms with Crippen molar-refractivity contribution < 1.29 is 14.6 Å². The first-order valence-electron chi connectivity index (χ1n) is 8.98. The maximum Gasteiger partial charge on any atom is 0.410 e. The summed E-state index contributed by atoms with van der Waals surface area (Å²) in [6.45, 7) is 3.62. The number of aromatic amines is 1. The van der Waals surface area contributed by atoms with Gasteiger partial charge in [0, 0.05) is 31.0 Å². The Kier molecular flexibility index (Phi) is 6.07. The molecule has 3 rings (SSSR count). The minimum atomic E-state index is -0.284. The zero-order valence-corrected chi connectivity index (χ0v) is 15.1. The van der Waals surface area contributed by atoms with Crippen LogP contribution in [0.15, 0.2) is 36.4 Å². The van der Waals surface area contributed by atoms with Gasteiger partial charge in [-0.1, -0.05) is 36.4 Å². The lowest BCUT2D eigenvalue weighted by atomic mass is 9.96.